The molecular formula is C23H16N6O. The fraction of sp³-hybridized carbons (Fsp3) is 0.0435. The molecule has 4 aromatic heterocycles. The maximum absolute atomic E-state index is 12.7. The predicted octanol–water partition coefficient (Wildman–Crippen LogP) is 3.68. The third kappa shape index (κ3) is 3.16. The molecular weight excluding hydrogens is 376 g/mol. The molecule has 4 heterocycles. The summed E-state index contributed by atoms with van der Waals surface area (Å²) in [5, 5.41) is 11.9. The first-order valence-corrected chi connectivity index (χ1v) is 9.41. The summed E-state index contributed by atoms with van der Waals surface area (Å²) in [6, 6.07) is 20.9. The number of amides is 1. The predicted molar refractivity (Wildman–Crippen MR) is 113 cm³/mol. The van der Waals surface area contributed by atoms with Crippen molar-refractivity contribution < 1.29 is 4.79 Å². The van der Waals surface area contributed by atoms with Gasteiger partial charge in [-0.05, 0) is 54.1 Å². The summed E-state index contributed by atoms with van der Waals surface area (Å²) in [6.07, 6.45) is 3.50. The monoisotopic (exact) mass is 392 g/mol. The van der Waals surface area contributed by atoms with Crippen LogP contribution in [0, 0.1) is 11.3 Å². The molecule has 0 aliphatic carbocycles. The van der Waals surface area contributed by atoms with Crippen molar-refractivity contribution in [3.63, 3.8) is 0 Å². The molecule has 0 fully saturated rings. The van der Waals surface area contributed by atoms with E-state index in [0.29, 0.717) is 22.6 Å². The summed E-state index contributed by atoms with van der Waals surface area (Å²) in [6.45, 7) is 0.279. The number of fused-ring (bicyclic) bond motifs is 2. The molecule has 7 heteroatoms. The number of benzene rings is 1. The molecule has 0 saturated heterocycles. The second kappa shape index (κ2) is 7.18. The average molecular weight is 392 g/mol. The smallest absolute Gasteiger partial charge is 0.253 e. The highest BCUT2D eigenvalue weighted by Crippen LogP contribution is 2.23. The zero-order valence-electron chi connectivity index (χ0n) is 15.8. The molecule has 2 N–H and O–H groups in total. The normalized spacial score (nSPS) is 10.9. The van der Waals surface area contributed by atoms with Crippen molar-refractivity contribution in [2.24, 2.45) is 0 Å². The highest BCUT2D eigenvalue weighted by Gasteiger charge is 2.11. The van der Waals surface area contributed by atoms with Gasteiger partial charge in [-0.2, -0.15) is 5.26 Å². The number of carbonyl (C=O) groups is 1. The Morgan fingerprint density at radius 2 is 1.93 bits per heavy atom. The zero-order valence-corrected chi connectivity index (χ0v) is 15.8. The Morgan fingerprint density at radius 3 is 2.73 bits per heavy atom. The molecule has 30 heavy (non-hydrogen) atoms. The molecule has 1 amide bonds. The fourth-order valence-corrected chi connectivity index (χ4v) is 3.43. The Balaban J connectivity index is 1.39. The van der Waals surface area contributed by atoms with Gasteiger partial charge in [0.2, 0.25) is 0 Å². The topological polar surface area (TPSA) is 98.9 Å². The minimum atomic E-state index is -0.190. The molecule has 0 unspecified atom stereocenters. The molecule has 0 bridgehead atoms. The third-order valence-electron chi connectivity index (χ3n) is 4.95. The first kappa shape index (κ1) is 17.6. The average Bonchev–Trinajstić information content (AvgIpc) is 3.40. The van der Waals surface area contributed by atoms with Crippen LogP contribution in [0.4, 0.5) is 0 Å². The van der Waals surface area contributed by atoms with E-state index in [-0.39, 0.29) is 12.5 Å². The van der Waals surface area contributed by atoms with Crippen molar-refractivity contribution in [3.05, 3.63) is 90.0 Å². The Hall–Kier alpha value is -4.44. The van der Waals surface area contributed by atoms with E-state index < -0.39 is 0 Å². The number of hydrogen-bond acceptors (Lipinski definition) is 4. The molecule has 0 aliphatic rings. The number of hydrogen-bond donors (Lipinski definition) is 2. The van der Waals surface area contributed by atoms with Crippen LogP contribution in [0.2, 0.25) is 0 Å². The molecule has 5 aromatic rings. The lowest BCUT2D eigenvalue weighted by Gasteiger charge is -2.07. The van der Waals surface area contributed by atoms with Crippen LogP contribution in [0.3, 0.4) is 0 Å². The molecule has 144 valence electrons. The number of aromatic nitrogens is 4. The number of H-pyrrole nitrogens is 1. The van der Waals surface area contributed by atoms with E-state index in [2.05, 4.69) is 26.3 Å². The van der Waals surface area contributed by atoms with Crippen molar-refractivity contribution in [2.75, 3.05) is 0 Å². The molecule has 0 radical (unpaired) electrons. The number of imidazole rings is 1. The molecule has 0 saturated carbocycles. The number of carbonyl (C=O) groups excluding carboxylic acids is 1. The minimum absolute atomic E-state index is 0.190. The molecule has 0 atom stereocenters. The lowest BCUT2D eigenvalue weighted by atomic mass is 10.1. The Bertz CT molecular complexity index is 1390. The van der Waals surface area contributed by atoms with Crippen LogP contribution in [-0.4, -0.2) is 25.3 Å². The highest BCUT2D eigenvalue weighted by molar-refractivity contribution is 5.94. The third-order valence-corrected chi connectivity index (χ3v) is 4.95. The van der Waals surface area contributed by atoms with E-state index in [9.17, 15) is 4.79 Å². The second-order valence-electron chi connectivity index (χ2n) is 6.86. The SMILES string of the molecule is N#Cc1ccc(-c2ccc3ccc(C(=O)NCc4nc5ncccc5[nH]4)cn23)cc1. The summed E-state index contributed by atoms with van der Waals surface area (Å²) in [5.74, 6) is 0.460. The van der Waals surface area contributed by atoms with Crippen LogP contribution in [-0.2, 0) is 6.54 Å². The summed E-state index contributed by atoms with van der Waals surface area (Å²) >= 11 is 0. The molecule has 1 aromatic carbocycles. The minimum Gasteiger partial charge on any atom is -0.345 e. The van der Waals surface area contributed by atoms with Crippen molar-refractivity contribution in [2.45, 2.75) is 6.54 Å². The van der Waals surface area contributed by atoms with E-state index in [0.717, 1.165) is 22.3 Å². The number of pyridine rings is 2. The highest BCUT2D eigenvalue weighted by atomic mass is 16.1. The molecule has 0 aliphatic heterocycles. The molecule has 5 rings (SSSR count). The molecule has 7 nitrogen and oxygen atoms in total. The van der Waals surface area contributed by atoms with Gasteiger partial charge in [0.25, 0.3) is 5.91 Å². The summed E-state index contributed by atoms with van der Waals surface area (Å²) in [5.41, 5.74) is 5.52. The summed E-state index contributed by atoms with van der Waals surface area (Å²) in [7, 11) is 0. The van der Waals surface area contributed by atoms with E-state index in [4.69, 9.17) is 5.26 Å². The zero-order chi connectivity index (χ0) is 20.5. The van der Waals surface area contributed by atoms with Crippen molar-refractivity contribution in [1.29, 1.82) is 5.26 Å². The van der Waals surface area contributed by atoms with Crippen LogP contribution < -0.4 is 5.32 Å². The Kier molecular flexibility index (Phi) is 4.23. The second-order valence-corrected chi connectivity index (χ2v) is 6.86. The van der Waals surface area contributed by atoms with E-state index in [1.54, 1.807) is 24.4 Å². The van der Waals surface area contributed by atoms with Crippen LogP contribution in [0.25, 0.3) is 27.9 Å². The first-order chi connectivity index (χ1) is 14.7. The number of rotatable bonds is 4. The largest absolute Gasteiger partial charge is 0.345 e. The summed E-state index contributed by atoms with van der Waals surface area (Å²) in [4.78, 5) is 24.4. The van der Waals surface area contributed by atoms with Crippen LogP contribution in [0.15, 0.2) is 73.1 Å². The lowest BCUT2D eigenvalue weighted by molar-refractivity contribution is 0.0949. The number of aromatic amines is 1. The number of nitriles is 1. The maximum atomic E-state index is 12.7. The summed E-state index contributed by atoms with van der Waals surface area (Å²) < 4.78 is 1.97. The Labute approximate surface area is 171 Å². The van der Waals surface area contributed by atoms with Gasteiger partial charge in [-0.15, -0.1) is 0 Å². The standard InChI is InChI=1S/C23H16N6O/c24-12-15-3-5-16(6-4-15)20-10-9-18-8-7-17(14-29(18)20)23(30)26-13-21-27-19-2-1-11-25-22(19)28-21/h1-11,14H,13H2,(H,26,30)(H,25,27,28). The van der Waals surface area contributed by atoms with Gasteiger partial charge in [-0.1, -0.05) is 12.1 Å². The van der Waals surface area contributed by atoms with Crippen LogP contribution >= 0.6 is 0 Å². The maximum Gasteiger partial charge on any atom is 0.253 e. The van der Waals surface area contributed by atoms with Crippen molar-refractivity contribution in [3.8, 4) is 17.3 Å². The van der Waals surface area contributed by atoms with Gasteiger partial charge in [0.1, 0.15) is 5.82 Å². The van der Waals surface area contributed by atoms with E-state index in [1.807, 2.05) is 53.1 Å². The van der Waals surface area contributed by atoms with Gasteiger partial charge in [0.05, 0.1) is 35.0 Å². The van der Waals surface area contributed by atoms with Gasteiger partial charge in [-0.25, -0.2) is 9.97 Å². The number of nitrogens with one attached hydrogen (secondary N) is 2. The van der Waals surface area contributed by atoms with Crippen molar-refractivity contribution >= 4 is 22.6 Å². The fourth-order valence-electron chi connectivity index (χ4n) is 3.43. The van der Waals surface area contributed by atoms with Gasteiger partial charge < -0.3 is 14.7 Å². The van der Waals surface area contributed by atoms with E-state index >= 15 is 0 Å². The van der Waals surface area contributed by atoms with Gasteiger partial charge in [0.15, 0.2) is 5.65 Å². The lowest BCUT2D eigenvalue weighted by Crippen LogP contribution is -2.23. The molecule has 0 spiro atoms. The van der Waals surface area contributed by atoms with Gasteiger partial charge in [0, 0.05) is 17.9 Å². The van der Waals surface area contributed by atoms with Gasteiger partial charge in [-0.3, -0.25) is 4.79 Å². The van der Waals surface area contributed by atoms with E-state index in [1.165, 1.54) is 0 Å². The first-order valence-electron chi connectivity index (χ1n) is 9.41. The Morgan fingerprint density at radius 1 is 1.10 bits per heavy atom. The van der Waals surface area contributed by atoms with Gasteiger partial charge >= 0.3 is 0 Å². The van der Waals surface area contributed by atoms with Crippen molar-refractivity contribution in [1.82, 2.24) is 24.7 Å². The van der Waals surface area contributed by atoms with Crippen LogP contribution in [0.5, 0.6) is 0 Å². The quantitative estimate of drug-likeness (QED) is 0.487. The number of nitrogens with zero attached hydrogens (tertiary/aromatic N) is 4. The van der Waals surface area contributed by atoms with Crippen LogP contribution in [0.1, 0.15) is 21.7 Å².